The van der Waals surface area contributed by atoms with Crippen molar-refractivity contribution in [3.05, 3.63) is 35.9 Å². The van der Waals surface area contributed by atoms with Gasteiger partial charge in [-0.25, -0.2) is 0 Å². The molecule has 21 heavy (non-hydrogen) atoms. The quantitative estimate of drug-likeness (QED) is 0.750. The number of nitrogens with one attached hydrogen (secondary N) is 1. The Labute approximate surface area is 124 Å². The van der Waals surface area contributed by atoms with Crippen molar-refractivity contribution in [2.45, 2.75) is 38.3 Å². The van der Waals surface area contributed by atoms with Crippen LogP contribution in [0.3, 0.4) is 0 Å². The molecular formula is C16H22N2O3. The molecule has 2 atom stereocenters. The average Bonchev–Trinajstić information content (AvgIpc) is 3.29. The lowest BCUT2D eigenvalue weighted by atomic mass is 10.1. The van der Waals surface area contributed by atoms with E-state index in [0.29, 0.717) is 18.9 Å². The van der Waals surface area contributed by atoms with Crippen molar-refractivity contribution in [2.75, 3.05) is 6.61 Å². The molecule has 114 valence electrons. The maximum atomic E-state index is 12.0. The van der Waals surface area contributed by atoms with E-state index in [2.05, 4.69) is 5.32 Å². The van der Waals surface area contributed by atoms with Crippen LogP contribution in [0.2, 0.25) is 0 Å². The van der Waals surface area contributed by atoms with E-state index in [4.69, 9.17) is 10.5 Å². The van der Waals surface area contributed by atoms with Crippen LogP contribution in [-0.4, -0.2) is 30.6 Å². The monoisotopic (exact) mass is 290 g/mol. The number of ether oxygens (including phenoxy) is 1. The van der Waals surface area contributed by atoms with Gasteiger partial charge in [0.1, 0.15) is 12.1 Å². The Morgan fingerprint density at radius 3 is 2.57 bits per heavy atom. The van der Waals surface area contributed by atoms with Crippen LogP contribution in [0.5, 0.6) is 0 Å². The predicted octanol–water partition coefficient (Wildman–Crippen LogP) is 1.01. The summed E-state index contributed by atoms with van der Waals surface area (Å²) in [6, 6.07) is 8.75. The second-order valence-corrected chi connectivity index (χ2v) is 5.57. The lowest BCUT2D eigenvalue weighted by molar-refractivity contribution is -0.135. The second kappa shape index (κ2) is 7.22. The molecule has 1 saturated carbocycles. The molecule has 2 amide bonds. The van der Waals surface area contributed by atoms with Gasteiger partial charge in [-0.15, -0.1) is 0 Å². The summed E-state index contributed by atoms with van der Waals surface area (Å²) < 4.78 is 5.49. The van der Waals surface area contributed by atoms with Crippen LogP contribution in [-0.2, 0) is 20.7 Å². The molecule has 3 N–H and O–H groups in total. The van der Waals surface area contributed by atoms with Crippen molar-refractivity contribution in [3.8, 4) is 0 Å². The number of rotatable bonds is 8. The van der Waals surface area contributed by atoms with Crippen LogP contribution >= 0.6 is 0 Å². The Hall–Kier alpha value is -1.88. The van der Waals surface area contributed by atoms with Crippen LogP contribution in [0.25, 0.3) is 0 Å². The molecule has 0 aliphatic heterocycles. The maximum Gasteiger partial charge on any atom is 0.249 e. The van der Waals surface area contributed by atoms with Crippen molar-refractivity contribution < 1.29 is 14.3 Å². The molecule has 1 aromatic rings. The van der Waals surface area contributed by atoms with Crippen molar-refractivity contribution >= 4 is 11.8 Å². The van der Waals surface area contributed by atoms with E-state index in [0.717, 1.165) is 5.56 Å². The lowest BCUT2D eigenvalue weighted by Gasteiger charge is -2.19. The van der Waals surface area contributed by atoms with Gasteiger partial charge >= 0.3 is 0 Å². The van der Waals surface area contributed by atoms with Crippen molar-refractivity contribution in [1.82, 2.24) is 5.32 Å². The molecule has 0 bridgehead atoms. The highest BCUT2D eigenvalue weighted by molar-refractivity contribution is 5.88. The summed E-state index contributed by atoms with van der Waals surface area (Å²) in [6.45, 7) is 2.30. The number of hydrogen-bond acceptors (Lipinski definition) is 3. The molecule has 2 unspecified atom stereocenters. The summed E-state index contributed by atoms with van der Waals surface area (Å²) in [4.78, 5) is 23.5. The third-order valence-corrected chi connectivity index (χ3v) is 3.59. The predicted molar refractivity (Wildman–Crippen MR) is 79.4 cm³/mol. The van der Waals surface area contributed by atoms with Gasteiger partial charge in [-0.05, 0) is 31.2 Å². The minimum absolute atomic E-state index is 0.296. The SMILES string of the molecule is CC(OCC1CC1)C(=O)NC(Cc1ccccc1)C(N)=O. The molecule has 0 aromatic heterocycles. The van der Waals surface area contributed by atoms with E-state index in [9.17, 15) is 9.59 Å². The number of primary amides is 1. The first-order chi connectivity index (χ1) is 10.1. The highest BCUT2D eigenvalue weighted by atomic mass is 16.5. The van der Waals surface area contributed by atoms with Crippen molar-refractivity contribution in [3.63, 3.8) is 0 Å². The lowest BCUT2D eigenvalue weighted by Crippen LogP contribution is -2.49. The third-order valence-electron chi connectivity index (χ3n) is 3.59. The molecule has 5 nitrogen and oxygen atoms in total. The van der Waals surface area contributed by atoms with Gasteiger partial charge < -0.3 is 15.8 Å². The number of carbonyl (C=O) groups excluding carboxylic acids is 2. The molecule has 0 heterocycles. The van der Waals surface area contributed by atoms with Gasteiger partial charge in [-0.3, -0.25) is 9.59 Å². The standard InChI is InChI=1S/C16H22N2O3/c1-11(21-10-13-7-8-13)16(20)18-14(15(17)19)9-12-5-3-2-4-6-12/h2-6,11,13-14H,7-10H2,1H3,(H2,17,19)(H,18,20). The first-order valence-corrected chi connectivity index (χ1v) is 7.31. The number of hydrogen-bond donors (Lipinski definition) is 2. The van der Waals surface area contributed by atoms with Gasteiger partial charge in [0.05, 0.1) is 6.61 Å². The topological polar surface area (TPSA) is 81.4 Å². The van der Waals surface area contributed by atoms with E-state index >= 15 is 0 Å². The Bertz CT molecular complexity index is 486. The summed E-state index contributed by atoms with van der Waals surface area (Å²) in [5.74, 6) is -0.242. The minimum atomic E-state index is -0.716. The largest absolute Gasteiger partial charge is 0.368 e. The number of carbonyl (C=O) groups is 2. The molecule has 1 aromatic carbocycles. The van der Waals surface area contributed by atoms with Crippen molar-refractivity contribution in [1.29, 1.82) is 0 Å². The maximum absolute atomic E-state index is 12.0. The molecular weight excluding hydrogens is 268 g/mol. The first-order valence-electron chi connectivity index (χ1n) is 7.31. The van der Waals surface area contributed by atoms with E-state index in [1.54, 1.807) is 6.92 Å². The van der Waals surface area contributed by atoms with Crippen LogP contribution in [0.1, 0.15) is 25.3 Å². The Morgan fingerprint density at radius 2 is 2.00 bits per heavy atom. The summed E-state index contributed by atoms with van der Waals surface area (Å²) in [5, 5.41) is 2.67. The van der Waals surface area contributed by atoms with Gasteiger partial charge in [0.2, 0.25) is 11.8 Å². The second-order valence-electron chi connectivity index (χ2n) is 5.57. The van der Waals surface area contributed by atoms with Gasteiger partial charge in [0.25, 0.3) is 0 Å². The number of nitrogens with two attached hydrogens (primary N) is 1. The van der Waals surface area contributed by atoms with Gasteiger partial charge in [-0.2, -0.15) is 0 Å². The fourth-order valence-electron chi connectivity index (χ4n) is 2.00. The molecule has 1 aliphatic rings. The highest BCUT2D eigenvalue weighted by Gasteiger charge is 2.26. The minimum Gasteiger partial charge on any atom is -0.368 e. The van der Waals surface area contributed by atoms with E-state index < -0.39 is 18.1 Å². The molecule has 0 spiro atoms. The van der Waals surface area contributed by atoms with Crippen LogP contribution in [0, 0.1) is 5.92 Å². The van der Waals surface area contributed by atoms with E-state index in [1.165, 1.54) is 12.8 Å². The first kappa shape index (κ1) is 15.5. The molecule has 0 saturated heterocycles. The number of benzene rings is 1. The Morgan fingerprint density at radius 1 is 1.33 bits per heavy atom. The van der Waals surface area contributed by atoms with Gasteiger partial charge in [0.15, 0.2) is 0 Å². The summed E-state index contributed by atoms with van der Waals surface area (Å²) in [6.07, 6.45) is 2.17. The smallest absolute Gasteiger partial charge is 0.249 e. The molecule has 5 heteroatoms. The average molecular weight is 290 g/mol. The van der Waals surface area contributed by atoms with Gasteiger partial charge in [-0.1, -0.05) is 30.3 Å². The van der Waals surface area contributed by atoms with E-state index in [-0.39, 0.29) is 5.91 Å². The molecule has 0 radical (unpaired) electrons. The van der Waals surface area contributed by atoms with Crippen molar-refractivity contribution in [2.24, 2.45) is 11.7 Å². The fourth-order valence-corrected chi connectivity index (χ4v) is 2.00. The zero-order valence-corrected chi connectivity index (χ0v) is 12.2. The molecule has 1 aliphatic carbocycles. The molecule has 2 rings (SSSR count). The number of amides is 2. The summed E-state index contributed by atoms with van der Waals surface area (Å²) in [5.41, 5.74) is 6.32. The summed E-state index contributed by atoms with van der Waals surface area (Å²) >= 11 is 0. The third kappa shape index (κ3) is 5.19. The van der Waals surface area contributed by atoms with Crippen LogP contribution in [0.4, 0.5) is 0 Å². The normalized spacial score (nSPS) is 17.0. The molecule has 1 fully saturated rings. The Balaban J connectivity index is 1.86. The zero-order valence-electron chi connectivity index (χ0n) is 12.2. The van der Waals surface area contributed by atoms with Crippen LogP contribution < -0.4 is 11.1 Å². The summed E-state index contributed by atoms with van der Waals surface area (Å²) in [7, 11) is 0. The highest BCUT2D eigenvalue weighted by Crippen LogP contribution is 2.29. The Kier molecular flexibility index (Phi) is 5.33. The fraction of sp³-hybridized carbons (Fsp3) is 0.500. The van der Waals surface area contributed by atoms with Crippen LogP contribution in [0.15, 0.2) is 30.3 Å². The zero-order chi connectivity index (χ0) is 15.2. The van der Waals surface area contributed by atoms with Gasteiger partial charge in [0, 0.05) is 6.42 Å². The van der Waals surface area contributed by atoms with E-state index in [1.807, 2.05) is 30.3 Å².